The van der Waals surface area contributed by atoms with Crippen LogP contribution in [0.5, 0.6) is 0 Å². The Balaban J connectivity index is 2.00. The first-order chi connectivity index (χ1) is 8.66. The molecule has 2 atom stereocenters. The lowest BCUT2D eigenvalue weighted by Gasteiger charge is -2.25. The van der Waals surface area contributed by atoms with Crippen molar-refractivity contribution >= 4 is 27.3 Å². The first-order valence-corrected chi connectivity index (χ1v) is 6.87. The lowest BCUT2D eigenvalue weighted by molar-refractivity contribution is -0.384. The van der Waals surface area contributed by atoms with Gasteiger partial charge in [-0.05, 0) is 24.5 Å². The van der Waals surface area contributed by atoms with Crippen molar-refractivity contribution in [1.29, 1.82) is 0 Å². The van der Waals surface area contributed by atoms with E-state index in [-0.39, 0.29) is 10.6 Å². The minimum absolute atomic E-state index is 0.200. The second kappa shape index (κ2) is 4.51. The molecular formula is C12H14BrN3O2. The fourth-order valence-corrected chi connectivity index (χ4v) is 3.38. The number of rotatable bonds is 2. The van der Waals surface area contributed by atoms with Crippen molar-refractivity contribution in [3.63, 3.8) is 0 Å². The van der Waals surface area contributed by atoms with Crippen LogP contribution in [0.2, 0.25) is 0 Å². The lowest BCUT2D eigenvalue weighted by atomic mass is 10.0. The Kier molecular flexibility index (Phi) is 2.99. The van der Waals surface area contributed by atoms with Crippen LogP contribution < -0.4 is 10.2 Å². The normalized spacial score (nSPS) is 26.4. The van der Waals surface area contributed by atoms with Crippen LogP contribution in [0.4, 0.5) is 11.4 Å². The molecule has 0 saturated carbocycles. The van der Waals surface area contributed by atoms with Crippen LogP contribution >= 0.6 is 15.9 Å². The third-order valence-electron chi connectivity index (χ3n) is 3.89. The minimum Gasteiger partial charge on any atom is -0.361 e. The van der Waals surface area contributed by atoms with Crippen molar-refractivity contribution in [2.75, 3.05) is 24.5 Å². The quantitative estimate of drug-likeness (QED) is 0.671. The zero-order valence-corrected chi connectivity index (χ0v) is 11.4. The highest BCUT2D eigenvalue weighted by atomic mass is 79.9. The van der Waals surface area contributed by atoms with Crippen LogP contribution in [0.3, 0.4) is 0 Å². The Morgan fingerprint density at radius 1 is 1.44 bits per heavy atom. The van der Waals surface area contributed by atoms with Gasteiger partial charge >= 0.3 is 0 Å². The Bertz CT molecular complexity index is 494. The van der Waals surface area contributed by atoms with Gasteiger partial charge in [-0.15, -0.1) is 0 Å². The molecule has 0 radical (unpaired) electrons. The number of hydrogen-bond acceptors (Lipinski definition) is 4. The van der Waals surface area contributed by atoms with Crippen LogP contribution in [0.15, 0.2) is 22.7 Å². The number of anilines is 1. The van der Waals surface area contributed by atoms with Crippen molar-refractivity contribution in [3.8, 4) is 0 Å². The summed E-state index contributed by atoms with van der Waals surface area (Å²) in [5, 5.41) is 14.5. The summed E-state index contributed by atoms with van der Waals surface area (Å²) in [6.07, 6.45) is 1.11. The topological polar surface area (TPSA) is 58.4 Å². The number of nitro groups is 1. The fourth-order valence-electron chi connectivity index (χ4n) is 3.03. The molecule has 2 saturated heterocycles. The molecule has 0 spiro atoms. The second-order valence-electron chi connectivity index (χ2n) is 4.86. The molecule has 18 heavy (non-hydrogen) atoms. The zero-order chi connectivity index (χ0) is 12.7. The molecule has 6 heteroatoms. The molecule has 96 valence electrons. The monoisotopic (exact) mass is 311 g/mol. The van der Waals surface area contributed by atoms with Gasteiger partial charge in [0.1, 0.15) is 5.69 Å². The van der Waals surface area contributed by atoms with Gasteiger partial charge in [0.2, 0.25) is 0 Å². The van der Waals surface area contributed by atoms with Gasteiger partial charge in [-0.2, -0.15) is 0 Å². The zero-order valence-electron chi connectivity index (χ0n) is 9.80. The molecule has 1 aromatic carbocycles. The molecule has 1 N–H and O–H groups in total. The van der Waals surface area contributed by atoms with E-state index in [1.165, 1.54) is 0 Å². The van der Waals surface area contributed by atoms with Gasteiger partial charge in [-0.25, -0.2) is 0 Å². The smallest absolute Gasteiger partial charge is 0.292 e. The molecule has 2 fully saturated rings. The summed E-state index contributed by atoms with van der Waals surface area (Å²) < 4.78 is 0.887. The Morgan fingerprint density at radius 2 is 2.28 bits per heavy atom. The maximum Gasteiger partial charge on any atom is 0.292 e. The molecular weight excluding hydrogens is 298 g/mol. The summed E-state index contributed by atoms with van der Waals surface area (Å²) >= 11 is 3.40. The Morgan fingerprint density at radius 3 is 3.06 bits per heavy atom. The number of nitrogens with one attached hydrogen (secondary N) is 1. The molecule has 2 aliphatic rings. The van der Waals surface area contributed by atoms with Crippen molar-refractivity contribution in [1.82, 2.24) is 5.32 Å². The number of fused-ring (bicyclic) bond motifs is 1. The Labute approximate surface area is 113 Å². The number of nitrogens with zero attached hydrogens (tertiary/aromatic N) is 2. The SMILES string of the molecule is O=[N+]([O-])c1ccc(Br)cc1N1CC[C@H]2CNC[C@H]21. The van der Waals surface area contributed by atoms with E-state index in [1.807, 2.05) is 6.07 Å². The highest BCUT2D eigenvalue weighted by Gasteiger charge is 2.39. The van der Waals surface area contributed by atoms with E-state index in [4.69, 9.17) is 0 Å². The maximum atomic E-state index is 11.1. The summed E-state index contributed by atoms with van der Waals surface area (Å²) in [4.78, 5) is 13.0. The summed E-state index contributed by atoms with van der Waals surface area (Å²) in [6, 6.07) is 5.56. The predicted molar refractivity (Wildman–Crippen MR) is 72.9 cm³/mol. The first kappa shape index (κ1) is 11.9. The fraction of sp³-hybridized carbons (Fsp3) is 0.500. The third kappa shape index (κ3) is 1.89. The summed E-state index contributed by atoms with van der Waals surface area (Å²) in [6.45, 7) is 2.87. The van der Waals surface area contributed by atoms with Gasteiger partial charge in [0, 0.05) is 36.2 Å². The third-order valence-corrected chi connectivity index (χ3v) is 4.38. The summed E-state index contributed by atoms with van der Waals surface area (Å²) in [7, 11) is 0. The summed E-state index contributed by atoms with van der Waals surface area (Å²) in [5.74, 6) is 0.628. The first-order valence-electron chi connectivity index (χ1n) is 6.08. The van der Waals surface area contributed by atoms with Crippen LogP contribution in [0, 0.1) is 16.0 Å². The lowest BCUT2D eigenvalue weighted by Crippen LogP contribution is -2.34. The van der Waals surface area contributed by atoms with Gasteiger partial charge in [0.05, 0.1) is 4.92 Å². The largest absolute Gasteiger partial charge is 0.361 e. The van der Waals surface area contributed by atoms with Crippen LogP contribution in [-0.4, -0.2) is 30.6 Å². The Hall–Kier alpha value is -1.14. The van der Waals surface area contributed by atoms with Crippen molar-refractivity contribution in [3.05, 3.63) is 32.8 Å². The molecule has 0 bridgehead atoms. The molecule has 0 amide bonds. The van der Waals surface area contributed by atoms with Gasteiger partial charge in [0.25, 0.3) is 5.69 Å². The number of nitro benzene ring substituents is 1. The molecule has 0 aromatic heterocycles. The van der Waals surface area contributed by atoms with Crippen LogP contribution in [-0.2, 0) is 0 Å². The standard InChI is InChI=1S/C12H14BrN3O2/c13-9-1-2-10(16(17)18)11(5-9)15-4-3-8-6-14-7-12(8)15/h1-2,5,8,12,14H,3-4,6-7H2/t8-,12+/m0/s1. The van der Waals surface area contributed by atoms with E-state index in [2.05, 4.69) is 26.1 Å². The van der Waals surface area contributed by atoms with Crippen molar-refractivity contribution in [2.45, 2.75) is 12.5 Å². The highest BCUT2D eigenvalue weighted by Crippen LogP contribution is 2.38. The number of halogens is 1. The number of benzene rings is 1. The molecule has 2 aliphatic heterocycles. The van der Waals surface area contributed by atoms with E-state index >= 15 is 0 Å². The van der Waals surface area contributed by atoms with Crippen LogP contribution in [0.1, 0.15) is 6.42 Å². The average molecular weight is 312 g/mol. The second-order valence-corrected chi connectivity index (χ2v) is 5.77. The van der Waals surface area contributed by atoms with E-state index in [0.717, 1.165) is 36.2 Å². The van der Waals surface area contributed by atoms with Crippen LogP contribution in [0.25, 0.3) is 0 Å². The summed E-state index contributed by atoms with van der Waals surface area (Å²) in [5.41, 5.74) is 0.941. The van der Waals surface area contributed by atoms with Gasteiger partial charge in [0.15, 0.2) is 0 Å². The van der Waals surface area contributed by atoms with E-state index in [0.29, 0.717) is 12.0 Å². The minimum atomic E-state index is -0.294. The average Bonchev–Trinajstić information content (AvgIpc) is 2.89. The number of hydrogen-bond donors (Lipinski definition) is 1. The van der Waals surface area contributed by atoms with E-state index < -0.39 is 0 Å². The van der Waals surface area contributed by atoms with Gasteiger partial charge in [-0.1, -0.05) is 15.9 Å². The molecule has 0 unspecified atom stereocenters. The van der Waals surface area contributed by atoms with Crippen molar-refractivity contribution < 1.29 is 4.92 Å². The van der Waals surface area contributed by atoms with E-state index in [1.54, 1.807) is 12.1 Å². The van der Waals surface area contributed by atoms with Crippen molar-refractivity contribution in [2.24, 2.45) is 5.92 Å². The molecule has 2 heterocycles. The van der Waals surface area contributed by atoms with Gasteiger partial charge < -0.3 is 10.2 Å². The molecule has 1 aromatic rings. The van der Waals surface area contributed by atoms with E-state index in [9.17, 15) is 10.1 Å². The maximum absolute atomic E-state index is 11.1. The predicted octanol–water partition coefficient (Wildman–Crippen LogP) is 2.16. The highest BCUT2D eigenvalue weighted by molar-refractivity contribution is 9.10. The van der Waals surface area contributed by atoms with Gasteiger partial charge in [-0.3, -0.25) is 10.1 Å². The molecule has 5 nitrogen and oxygen atoms in total. The molecule has 3 rings (SSSR count). The molecule has 0 aliphatic carbocycles.